The summed E-state index contributed by atoms with van der Waals surface area (Å²) in [7, 11) is 0. The van der Waals surface area contributed by atoms with E-state index in [2.05, 4.69) is 12.2 Å². The van der Waals surface area contributed by atoms with Crippen LogP contribution >= 0.6 is 11.8 Å². The van der Waals surface area contributed by atoms with Crippen LogP contribution in [0.1, 0.15) is 71.9 Å². The van der Waals surface area contributed by atoms with Crippen molar-refractivity contribution >= 4 is 23.6 Å². The van der Waals surface area contributed by atoms with Crippen molar-refractivity contribution in [3.63, 3.8) is 0 Å². The van der Waals surface area contributed by atoms with Gasteiger partial charge in [-0.1, -0.05) is 80.4 Å². The van der Waals surface area contributed by atoms with E-state index in [0.29, 0.717) is 31.0 Å². The average molecular weight is 628 g/mol. The predicted molar refractivity (Wildman–Crippen MR) is 172 cm³/mol. The SMILES string of the molecule is CCCC[C@H](NC(=O)[C@@H](CSC[C@H]1O[C@@H]2OC(C)(C)O[C@@H]2[C@@H]1OCc1ccccc1)Cc1ccccc1)C(=O)OC(C)(C)C. The zero-order chi connectivity index (χ0) is 31.7. The van der Waals surface area contributed by atoms with Crippen molar-refractivity contribution < 1.29 is 33.3 Å². The third-order valence-electron chi connectivity index (χ3n) is 7.52. The molecule has 2 saturated heterocycles. The van der Waals surface area contributed by atoms with Crippen molar-refractivity contribution in [3.8, 4) is 0 Å². The standard InChI is InChI=1S/C35H49NO7S/c1-7-8-19-27(32(38)42-34(2,3)4)36-31(37)26(20-24-15-11-9-12-16-24)22-44-23-28-29(39-21-25-17-13-10-14-18-25)30-33(40-28)43-35(5,6)41-30/h9-18,26-30,33H,7-8,19-23H2,1-6H3,(H,36,37)/t26-,27+,28-,29-,30-,33-/m1/s1. The maximum atomic E-state index is 13.7. The molecule has 6 atom stereocenters. The molecule has 0 aromatic heterocycles. The molecular weight excluding hydrogens is 578 g/mol. The first kappa shape index (κ1) is 34.4. The van der Waals surface area contributed by atoms with Crippen molar-refractivity contribution in [1.29, 1.82) is 0 Å². The van der Waals surface area contributed by atoms with Gasteiger partial charge in [0, 0.05) is 11.5 Å². The van der Waals surface area contributed by atoms with Gasteiger partial charge in [-0.05, 0) is 58.6 Å². The minimum atomic E-state index is -0.747. The highest BCUT2D eigenvalue weighted by molar-refractivity contribution is 7.99. The third kappa shape index (κ3) is 10.3. The monoisotopic (exact) mass is 627 g/mol. The number of benzene rings is 2. The second kappa shape index (κ2) is 15.7. The van der Waals surface area contributed by atoms with Gasteiger partial charge in [0.1, 0.15) is 23.9 Å². The zero-order valence-electron chi connectivity index (χ0n) is 27.0. The van der Waals surface area contributed by atoms with E-state index < -0.39 is 29.7 Å². The maximum absolute atomic E-state index is 13.7. The van der Waals surface area contributed by atoms with Crippen LogP contribution in [0.5, 0.6) is 0 Å². The molecule has 0 bridgehead atoms. The first-order valence-electron chi connectivity index (χ1n) is 15.8. The Morgan fingerprint density at radius 3 is 2.30 bits per heavy atom. The van der Waals surface area contributed by atoms with Crippen molar-refractivity contribution in [2.24, 2.45) is 5.92 Å². The molecular formula is C35H49NO7S. The summed E-state index contributed by atoms with van der Waals surface area (Å²) in [6.45, 7) is 11.8. The Hall–Kier alpha value is -2.43. The van der Waals surface area contributed by atoms with Crippen molar-refractivity contribution in [2.75, 3.05) is 11.5 Å². The molecule has 2 fully saturated rings. The molecule has 1 amide bonds. The second-order valence-electron chi connectivity index (χ2n) is 13.1. The van der Waals surface area contributed by atoms with Crippen LogP contribution in [0.25, 0.3) is 0 Å². The van der Waals surface area contributed by atoms with E-state index in [1.165, 1.54) is 0 Å². The summed E-state index contributed by atoms with van der Waals surface area (Å²) in [5, 5.41) is 3.04. The molecule has 242 valence electrons. The minimum absolute atomic E-state index is 0.150. The highest BCUT2D eigenvalue weighted by Gasteiger charge is 2.55. The molecule has 2 aromatic rings. The second-order valence-corrected chi connectivity index (χ2v) is 14.1. The highest BCUT2D eigenvalue weighted by atomic mass is 32.2. The van der Waals surface area contributed by atoms with Gasteiger partial charge in [0.25, 0.3) is 0 Å². The maximum Gasteiger partial charge on any atom is 0.329 e. The fourth-order valence-electron chi connectivity index (χ4n) is 5.42. The van der Waals surface area contributed by atoms with Crippen molar-refractivity contribution in [1.82, 2.24) is 5.32 Å². The lowest BCUT2D eigenvalue weighted by Crippen LogP contribution is -2.47. The number of carbonyl (C=O) groups is 2. The van der Waals surface area contributed by atoms with Gasteiger partial charge in [0.15, 0.2) is 12.1 Å². The molecule has 2 aromatic carbocycles. The van der Waals surface area contributed by atoms with Crippen molar-refractivity contribution in [2.45, 2.75) is 116 Å². The van der Waals surface area contributed by atoms with Crippen LogP contribution in [0.4, 0.5) is 0 Å². The van der Waals surface area contributed by atoms with Gasteiger partial charge < -0.3 is 29.0 Å². The molecule has 0 radical (unpaired) electrons. The van der Waals surface area contributed by atoms with Crippen LogP contribution in [0.3, 0.4) is 0 Å². The first-order chi connectivity index (χ1) is 20.9. The quantitative estimate of drug-likeness (QED) is 0.239. The molecule has 44 heavy (non-hydrogen) atoms. The van der Waals surface area contributed by atoms with E-state index in [-0.39, 0.29) is 30.1 Å². The van der Waals surface area contributed by atoms with Crippen LogP contribution in [0.15, 0.2) is 60.7 Å². The molecule has 8 nitrogen and oxygen atoms in total. The molecule has 2 heterocycles. The Morgan fingerprint density at radius 2 is 1.66 bits per heavy atom. The molecule has 0 spiro atoms. The normalized spacial score (nSPS) is 24.0. The summed E-state index contributed by atoms with van der Waals surface area (Å²) in [5.41, 5.74) is 1.51. The molecule has 4 rings (SSSR count). The lowest BCUT2D eigenvalue weighted by Gasteiger charge is -2.27. The van der Waals surface area contributed by atoms with E-state index in [4.69, 9.17) is 23.7 Å². The number of rotatable bonds is 15. The number of ether oxygens (including phenoxy) is 5. The van der Waals surface area contributed by atoms with Crippen LogP contribution in [-0.2, 0) is 46.3 Å². The summed E-state index contributed by atoms with van der Waals surface area (Å²) in [4.78, 5) is 26.8. The molecule has 0 saturated carbocycles. The summed E-state index contributed by atoms with van der Waals surface area (Å²) in [6.07, 6.45) is 1.39. The van der Waals surface area contributed by atoms with Crippen LogP contribution in [0, 0.1) is 5.92 Å². The fourth-order valence-corrected chi connectivity index (χ4v) is 6.61. The van der Waals surface area contributed by atoms with E-state index >= 15 is 0 Å². The fraction of sp³-hybridized carbons (Fsp3) is 0.600. The van der Waals surface area contributed by atoms with E-state index in [1.54, 1.807) is 11.8 Å². The number of unbranched alkanes of at least 4 members (excludes halogenated alkanes) is 1. The molecule has 0 aliphatic carbocycles. The predicted octanol–water partition coefficient (Wildman–Crippen LogP) is 6.06. The molecule has 0 unspecified atom stereocenters. The van der Waals surface area contributed by atoms with E-state index in [9.17, 15) is 9.59 Å². The third-order valence-corrected chi connectivity index (χ3v) is 8.73. The Bertz CT molecular complexity index is 1190. The molecule has 2 aliphatic heterocycles. The average Bonchev–Trinajstić information content (AvgIpc) is 3.44. The van der Waals surface area contributed by atoms with Gasteiger partial charge in [0.05, 0.1) is 18.6 Å². The number of thioether (sulfide) groups is 1. The van der Waals surface area contributed by atoms with Gasteiger partial charge in [-0.25, -0.2) is 4.79 Å². The van der Waals surface area contributed by atoms with Gasteiger partial charge in [0.2, 0.25) is 5.91 Å². The van der Waals surface area contributed by atoms with E-state index in [1.807, 2.05) is 95.3 Å². The Balaban J connectivity index is 1.42. The van der Waals surface area contributed by atoms with Gasteiger partial charge >= 0.3 is 5.97 Å². The minimum Gasteiger partial charge on any atom is -0.458 e. The number of amides is 1. The summed E-state index contributed by atoms with van der Waals surface area (Å²) in [5.74, 6) is -0.499. The number of nitrogens with one attached hydrogen (secondary N) is 1. The lowest BCUT2D eigenvalue weighted by atomic mass is 9.99. The van der Waals surface area contributed by atoms with Crippen LogP contribution in [-0.4, -0.2) is 65.4 Å². The largest absolute Gasteiger partial charge is 0.458 e. The Labute approximate surface area is 266 Å². The van der Waals surface area contributed by atoms with Crippen molar-refractivity contribution in [3.05, 3.63) is 71.8 Å². The summed E-state index contributed by atoms with van der Waals surface area (Å²) >= 11 is 1.64. The Morgan fingerprint density at radius 1 is 1.00 bits per heavy atom. The summed E-state index contributed by atoms with van der Waals surface area (Å²) in [6, 6.07) is 19.3. The Kier molecular flexibility index (Phi) is 12.3. The van der Waals surface area contributed by atoms with Gasteiger partial charge in [-0.15, -0.1) is 0 Å². The molecule has 2 aliphatic rings. The van der Waals surface area contributed by atoms with Crippen LogP contribution in [0.2, 0.25) is 0 Å². The number of hydrogen-bond donors (Lipinski definition) is 1. The van der Waals surface area contributed by atoms with Gasteiger partial charge in [-0.3, -0.25) is 4.79 Å². The van der Waals surface area contributed by atoms with E-state index in [0.717, 1.165) is 24.0 Å². The highest BCUT2D eigenvalue weighted by Crippen LogP contribution is 2.40. The number of esters is 1. The number of carbonyl (C=O) groups excluding carboxylic acids is 2. The zero-order valence-corrected chi connectivity index (χ0v) is 27.8. The topological polar surface area (TPSA) is 92.3 Å². The lowest BCUT2D eigenvalue weighted by molar-refractivity contribution is -0.216. The first-order valence-corrected chi connectivity index (χ1v) is 16.9. The summed E-state index contributed by atoms with van der Waals surface area (Å²) < 4.78 is 30.6. The number of fused-ring (bicyclic) bond motifs is 1. The molecule has 1 N–H and O–H groups in total. The number of hydrogen-bond acceptors (Lipinski definition) is 8. The smallest absolute Gasteiger partial charge is 0.329 e. The molecule has 9 heteroatoms. The van der Waals surface area contributed by atoms with Gasteiger partial charge in [-0.2, -0.15) is 11.8 Å². The van der Waals surface area contributed by atoms with Crippen LogP contribution < -0.4 is 5.32 Å².